The Morgan fingerprint density at radius 1 is 1.29 bits per heavy atom. The predicted molar refractivity (Wildman–Crippen MR) is 94.5 cm³/mol. The Balaban J connectivity index is 1.80. The molecular formula is C18H19ClN4O. The molecule has 0 bridgehead atoms. The van der Waals surface area contributed by atoms with Gasteiger partial charge in [-0.3, -0.25) is 0 Å². The lowest BCUT2D eigenvalue weighted by molar-refractivity contribution is 0.472. The first-order chi connectivity index (χ1) is 11.5. The summed E-state index contributed by atoms with van der Waals surface area (Å²) in [6, 6.07) is 11.4. The second-order valence-corrected chi connectivity index (χ2v) is 6.17. The summed E-state index contributed by atoms with van der Waals surface area (Å²) in [5.41, 5.74) is 2.97. The van der Waals surface area contributed by atoms with Crippen LogP contribution in [-0.4, -0.2) is 19.9 Å². The van der Waals surface area contributed by atoms with Gasteiger partial charge in [-0.25, -0.2) is 9.67 Å². The Labute approximate surface area is 145 Å². The molecular weight excluding hydrogens is 324 g/mol. The molecule has 2 aromatic heterocycles. The molecule has 2 heterocycles. The predicted octanol–water partition coefficient (Wildman–Crippen LogP) is 3.79. The van der Waals surface area contributed by atoms with E-state index in [1.54, 1.807) is 29.2 Å². The third-order valence-corrected chi connectivity index (χ3v) is 4.03. The van der Waals surface area contributed by atoms with Crippen molar-refractivity contribution in [2.45, 2.75) is 26.4 Å². The fourth-order valence-corrected chi connectivity index (χ4v) is 2.64. The van der Waals surface area contributed by atoms with E-state index in [-0.39, 0.29) is 11.8 Å². The van der Waals surface area contributed by atoms with Gasteiger partial charge in [-0.05, 0) is 37.6 Å². The third-order valence-electron chi connectivity index (χ3n) is 3.83. The molecule has 1 atom stereocenters. The smallest absolute Gasteiger partial charge is 0.158 e. The van der Waals surface area contributed by atoms with Crippen LogP contribution in [0.2, 0.25) is 5.02 Å². The van der Waals surface area contributed by atoms with Gasteiger partial charge in [0.1, 0.15) is 5.75 Å². The largest absolute Gasteiger partial charge is 0.508 e. The Bertz CT molecular complexity index is 847. The van der Waals surface area contributed by atoms with Crippen molar-refractivity contribution in [2.75, 3.05) is 0 Å². The molecule has 2 N–H and O–H groups in total. The van der Waals surface area contributed by atoms with Crippen LogP contribution in [0.3, 0.4) is 0 Å². The first kappa shape index (κ1) is 16.5. The lowest BCUT2D eigenvalue weighted by atomic mass is 10.1. The molecule has 0 aliphatic carbocycles. The van der Waals surface area contributed by atoms with E-state index in [2.05, 4.69) is 22.3 Å². The van der Waals surface area contributed by atoms with Gasteiger partial charge >= 0.3 is 0 Å². The van der Waals surface area contributed by atoms with Gasteiger partial charge in [0.2, 0.25) is 0 Å². The van der Waals surface area contributed by atoms with Crippen molar-refractivity contribution in [3.05, 3.63) is 70.6 Å². The van der Waals surface area contributed by atoms with E-state index in [9.17, 15) is 5.11 Å². The van der Waals surface area contributed by atoms with Gasteiger partial charge in [0.15, 0.2) is 5.82 Å². The van der Waals surface area contributed by atoms with Crippen molar-refractivity contribution in [2.24, 2.45) is 0 Å². The summed E-state index contributed by atoms with van der Waals surface area (Å²) in [5, 5.41) is 17.9. The van der Waals surface area contributed by atoms with E-state index < -0.39 is 0 Å². The maximum atomic E-state index is 9.61. The zero-order chi connectivity index (χ0) is 17.1. The van der Waals surface area contributed by atoms with Crippen molar-refractivity contribution >= 4 is 11.6 Å². The number of hydrogen-bond acceptors (Lipinski definition) is 4. The molecule has 3 aromatic rings. The van der Waals surface area contributed by atoms with Gasteiger partial charge in [0.25, 0.3) is 0 Å². The Kier molecular flexibility index (Phi) is 4.83. The molecule has 6 heteroatoms. The number of phenolic OH excluding ortho intramolecular Hbond substituents is 1. The number of aromatic nitrogens is 3. The average Bonchev–Trinajstić information content (AvgIpc) is 2.99. The van der Waals surface area contributed by atoms with Crippen LogP contribution in [0.25, 0.3) is 5.82 Å². The summed E-state index contributed by atoms with van der Waals surface area (Å²) in [5.74, 6) is 1.03. The van der Waals surface area contributed by atoms with Crippen LogP contribution >= 0.6 is 11.6 Å². The molecule has 3 rings (SSSR count). The molecule has 0 radical (unpaired) electrons. The zero-order valence-corrected chi connectivity index (χ0v) is 14.3. The highest BCUT2D eigenvalue weighted by molar-refractivity contribution is 6.30. The summed E-state index contributed by atoms with van der Waals surface area (Å²) >= 11 is 5.97. The van der Waals surface area contributed by atoms with E-state index in [0.29, 0.717) is 11.6 Å². The summed E-state index contributed by atoms with van der Waals surface area (Å²) in [7, 11) is 0. The third kappa shape index (κ3) is 3.75. The van der Waals surface area contributed by atoms with Crippen molar-refractivity contribution < 1.29 is 5.11 Å². The van der Waals surface area contributed by atoms with E-state index in [0.717, 1.165) is 22.6 Å². The SMILES string of the molecule is Cc1ccc(CNC(C)c2cccc(O)c2)c(-n2cc(Cl)cn2)n1. The number of rotatable bonds is 5. The molecule has 0 spiro atoms. The number of pyridine rings is 1. The molecule has 5 nitrogen and oxygen atoms in total. The zero-order valence-electron chi connectivity index (χ0n) is 13.6. The van der Waals surface area contributed by atoms with Gasteiger partial charge in [0.05, 0.1) is 17.4 Å². The fourth-order valence-electron chi connectivity index (χ4n) is 2.50. The highest BCUT2D eigenvalue weighted by atomic mass is 35.5. The first-order valence-electron chi connectivity index (χ1n) is 7.72. The van der Waals surface area contributed by atoms with E-state index in [4.69, 9.17) is 11.6 Å². The Morgan fingerprint density at radius 3 is 2.83 bits per heavy atom. The summed E-state index contributed by atoms with van der Waals surface area (Å²) in [4.78, 5) is 4.58. The van der Waals surface area contributed by atoms with E-state index >= 15 is 0 Å². The van der Waals surface area contributed by atoms with Crippen molar-refractivity contribution in [3.8, 4) is 11.6 Å². The second-order valence-electron chi connectivity index (χ2n) is 5.74. The van der Waals surface area contributed by atoms with Crippen LogP contribution in [-0.2, 0) is 6.54 Å². The molecule has 0 saturated carbocycles. The lowest BCUT2D eigenvalue weighted by Gasteiger charge is -2.16. The van der Waals surface area contributed by atoms with E-state index in [1.807, 2.05) is 31.2 Å². The number of phenols is 1. The molecule has 0 aliphatic heterocycles. The summed E-state index contributed by atoms with van der Waals surface area (Å²) in [6.45, 7) is 4.62. The van der Waals surface area contributed by atoms with E-state index in [1.165, 1.54) is 0 Å². The number of aromatic hydroxyl groups is 1. The number of nitrogens with one attached hydrogen (secondary N) is 1. The van der Waals surface area contributed by atoms with Crippen LogP contribution in [0.1, 0.15) is 29.8 Å². The lowest BCUT2D eigenvalue weighted by Crippen LogP contribution is -2.19. The topological polar surface area (TPSA) is 63.0 Å². The van der Waals surface area contributed by atoms with Crippen LogP contribution < -0.4 is 5.32 Å². The number of benzene rings is 1. The molecule has 24 heavy (non-hydrogen) atoms. The maximum Gasteiger partial charge on any atom is 0.158 e. The van der Waals surface area contributed by atoms with Crippen molar-refractivity contribution in [1.82, 2.24) is 20.1 Å². The van der Waals surface area contributed by atoms with Crippen LogP contribution in [0.4, 0.5) is 0 Å². The van der Waals surface area contributed by atoms with Gasteiger partial charge in [-0.15, -0.1) is 0 Å². The molecule has 0 amide bonds. The van der Waals surface area contributed by atoms with Gasteiger partial charge in [-0.1, -0.05) is 29.8 Å². The number of halogens is 1. The quantitative estimate of drug-likeness (QED) is 0.740. The monoisotopic (exact) mass is 342 g/mol. The first-order valence-corrected chi connectivity index (χ1v) is 8.10. The van der Waals surface area contributed by atoms with Crippen LogP contribution in [0.5, 0.6) is 5.75 Å². The van der Waals surface area contributed by atoms with Crippen molar-refractivity contribution in [1.29, 1.82) is 0 Å². The normalized spacial score (nSPS) is 12.3. The fraction of sp³-hybridized carbons (Fsp3) is 0.222. The number of nitrogens with zero attached hydrogens (tertiary/aromatic N) is 3. The van der Waals surface area contributed by atoms with Crippen LogP contribution in [0.15, 0.2) is 48.8 Å². The molecule has 1 aromatic carbocycles. The molecule has 124 valence electrons. The number of aryl methyl sites for hydroxylation is 1. The second kappa shape index (κ2) is 7.03. The van der Waals surface area contributed by atoms with Gasteiger partial charge in [-0.2, -0.15) is 5.10 Å². The van der Waals surface area contributed by atoms with Crippen LogP contribution in [0, 0.1) is 6.92 Å². The molecule has 0 saturated heterocycles. The highest BCUT2D eigenvalue weighted by Gasteiger charge is 2.11. The summed E-state index contributed by atoms with van der Waals surface area (Å²) < 4.78 is 1.69. The minimum absolute atomic E-state index is 0.0902. The standard InChI is InChI=1S/C18H19ClN4O/c1-12-6-7-15(18(22-12)23-11-16(19)10-21-23)9-20-13(2)14-4-3-5-17(24)8-14/h3-8,10-11,13,20,24H,9H2,1-2H3. The molecule has 0 fully saturated rings. The maximum absolute atomic E-state index is 9.61. The van der Waals surface area contributed by atoms with Crippen molar-refractivity contribution in [3.63, 3.8) is 0 Å². The Morgan fingerprint density at radius 2 is 2.12 bits per heavy atom. The minimum atomic E-state index is 0.0902. The molecule has 1 unspecified atom stereocenters. The molecule has 0 aliphatic rings. The highest BCUT2D eigenvalue weighted by Crippen LogP contribution is 2.20. The Hall–Kier alpha value is -2.37. The number of hydrogen-bond donors (Lipinski definition) is 2. The van der Waals surface area contributed by atoms with Gasteiger partial charge < -0.3 is 10.4 Å². The van der Waals surface area contributed by atoms with Gasteiger partial charge in [0, 0.05) is 23.8 Å². The summed E-state index contributed by atoms with van der Waals surface area (Å²) in [6.07, 6.45) is 3.34. The minimum Gasteiger partial charge on any atom is -0.508 e. The average molecular weight is 343 g/mol.